The lowest BCUT2D eigenvalue weighted by atomic mass is 10.2. The fourth-order valence-corrected chi connectivity index (χ4v) is 3.53. The molecule has 0 aromatic heterocycles. The Morgan fingerprint density at radius 2 is 1.57 bits per heavy atom. The Balaban J connectivity index is 2.07. The third-order valence-corrected chi connectivity index (χ3v) is 5.86. The Kier molecular flexibility index (Phi) is 5.56. The number of nitrogens with zero attached hydrogens (tertiary/aromatic N) is 1. The van der Waals surface area contributed by atoms with Crippen molar-refractivity contribution in [3.63, 3.8) is 0 Å². The maximum atomic E-state index is 12.5. The summed E-state index contributed by atoms with van der Waals surface area (Å²) in [5.74, 6) is 0. The molecule has 0 saturated carbocycles. The summed E-state index contributed by atoms with van der Waals surface area (Å²) in [5, 5.41) is 0.719. The van der Waals surface area contributed by atoms with E-state index in [9.17, 15) is 8.42 Å². The van der Waals surface area contributed by atoms with Crippen molar-refractivity contribution >= 4 is 26.0 Å². The second kappa shape index (κ2) is 7.20. The highest BCUT2D eigenvalue weighted by atomic mass is 79.9. The molecule has 21 heavy (non-hydrogen) atoms. The molecule has 0 aliphatic heterocycles. The van der Waals surface area contributed by atoms with Crippen LogP contribution in [0.5, 0.6) is 0 Å². The highest BCUT2D eigenvalue weighted by Gasteiger charge is 2.20. The summed E-state index contributed by atoms with van der Waals surface area (Å²) in [6.45, 7) is 0.465. The van der Waals surface area contributed by atoms with Gasteiger partial charge in [-0.1, -0.05) is 58.4 Å². The van der Waals surface area contributed by atoms with Crippen LogP contribution in [0.2, 0.25) is 0 Å². The number of benzene rings is 2. The van der Waals surface area contributed by atoms with Crippen molar-refractivity contribution in [3.05, 3.63) is 65.7 Å². The molecule has 0 saturated heterocycles. The zero-order valence-corrected chi connectivity index (χ0v) is 14.3. The molecule has 2 aromatic rings. The summed E-state index contributed by atoms with van der Waals surface area (Å²) in [7, 11) is -1.79. The van der Waals surface area contributed by atoms with Crippen LogP contribution >= 0.6 is 15.9 Å². The smallest absolute Gasteiger partial charge is 0.207 e. The molecule has 2 aromatic carbocycles. The first-order chi connectivity index (χ1) is 10.0. The van der Waals surface area contributed by atoms with Gasteiger partial charge in [-0.05, 0) is 29.7 Å². The molecule has 3 nitrogen and oxygen atoms in total. The van der Waals surface area contributed by atoms with Gasteiger partial charge in [-0.2, -0.15) is 0 Å². The molecule has 0 unspecified atom stereocenters. The van der Waals surface area contributed by atoms with E-state index >= 15 is 0 Å². The largest absolute Gasteiger partial charge is 0.242 e. The molecule has 2 rings (SSSR count). The molecule has 0 radical (unpaired) electrons. The van der Waals surface area contributed by atoms with Crippen molar-refractivity contribution in [3.8, 4) is 0 Å². The summed E-state index contributed by atoms with van der Waals surface area (Å²) in [5.41, 5.74) is 2.19. The molecule has 0 heterocycles. The quantitative estimate of drug-likeness (QED) is 0.733. The topological polar surface area (TPSA) is 37.4 Å². The Morgan fingerprint density at radius 3 is 2.14 bits per heavy atom. The minimum Gasteiger partial charge on any atom is -0.207 e. The minimum absolute atomic E-state index is 0.336. The van der Waals surface area contributed by atoms with E-state index in [4.69, 9.17) is 0 Å². The summed E-state index contributed by atoms with van der Waals surface area (Å²) in [6, 6.07) is 16.9. The average molecular weight is 368 g/mol. The predicted molar refractivity (Wildman–Crippen MR) is 89.0 cm³/mol. The lowest BCUT2D eigenvalue weighted by Crippen LogP contribution is -2.29. The van der Waals surface area contributed by atoms with Crippen LogP contribution in [0, 0.1) is 0 Å². The zero-order chi connectivity index (χ0) is 15.3. The summed E-state index contributed by atoms with van der Waals surface area (Å²) < 4.78 is 26.3. The van der Waals surface area contributed by atoms with Gasteiger partial charge < -0.3 is 0 Å². The number of hydrogen-bond donors (Lipinski definition) is 0. The summed E-state index contributed by atoms with van der Waals surface area (Å²) in [4.78, 5) is 0.336. The number of halogens is 1. The molecule has 0 atom stereocenters. The second-order valence-electron chi connectivity index (χ2n) is 4.84. The SMILES string of the molecule is CN(CCc1ccccc1)S(=O)(=O)c1ccc(CBr)cc1. The highest BCUT2D eigenvalue weighted by Crippen LogP contribution is 2.17. The van der Waals surface area contributed by atoms with Gasteiger partial charge in [-0.15, -0.1) is 0 Å². The fourth-order valence-electron chi connectivity index (χ4n) is 1.98. The lowest BCUT2D eigenvalue weighted by molar-refractivity contribution is 0.472. The predicted octanol–water partition coefficient (Wildman–Crippen LogP) is 3.44. The van der Waals surface area contributed by atoms with Crippen LogP contribution in [0.4, 0.5) is 0 Å². The van der Waals surface area contributed by atoms with E-state index in [0.717, 1.165) is 16.5 Å². The summed E-state index contributed by atoms with van der Waals surface area (Å²) in [6.07, 6.45) is 0.704. The second-order valence-corrected chi connectivity index (χ2v) is 7.45. The van der Waals surface area contributed by atoms with E-state index in [2.05, 4.69) is 15.9 Å². The molecular weight excluding hydrogens is 350 g/mol. The van der Waals surface area contributed by atoms with Gasteiger partial charge in [0, 0.05) is 18.9 Å². The van der Waals surface area contributed by atoms with Gasteiger partial charge in [-0.25, -0.2) is 12.7 Å². The molecular formula is C16H18BrNO2S. The van der Waals surface area contributed by atoms with Gasteiger partial charge in [0.25, 0.3) is 0 Å². The molecule has 0 amide bonds. The molecule has 5 heteroatoms. The van der Waals surface area contributed by atoms with Crippen LogP contribution < -0.4 is 0 Å². The molecule has 0 bridgehead atoms. The Bertz CT molecular complexity index is 669. The Hall–Kier alpha value is -1.17. The van der Waals surface area contributed by atoms with Gasteiger partial charge in [0.05, 0.1) is 4.90 Å². The van der Waals surface area contributed by atoms with E-state index in [1.54, 1.807) is 19.2 Å². The number of sulfonamides is 1. The van der Waals surface area contributed by atoms with Crippen LogP contribution in [-0.2, 0) is 21.8 Å². The maximum Gasteiger partial charge on any atom is 0.242 e. The zero-order valence-electron chi connectivity index (χ0n) is 11.9. The van der Waals surface area contributed by atoms with E-state index in [1.165, 1.54) is 4.31 Å². The van der Waals surface area contributed by atoms with E-state index in [1.807, 2.05) is 42.5 Å². The van der Waals surface area contributed by atoms with Crippen LogP contribution in [0.1, 0.15) is 11.1 Å². The van der Waals surface area contributed by atoms with E-state index in [0.29, 0.717) is 17.9 Å². The van der Waals surface area contributed by atoms with Gasteiger partial charge in [0.2, 0.25) is 10.0 Å². The third-order valence-electron chi connectivity index (χ3n) is 3.34. The standard InChI is InChI=1S/C16H18BrNO2S/c1-18(12-11-14-5-3-2-4-6-14)21(19,20)16-9-7-15(13-17)8-10-16/h2-10H,11-13H2,1H3. The Morgan fingerprint density at radius 1 is 0.952 bits per heavy atom. The molecule has 0 aliphatic carbocycles. The Labute approximate surface area is 134 Å². The number of alkyl halides is 1. The normalized spacial score (nSPS) is 11.8. The first kappa shape index (κ1) is 16.2. The average Bonchev–Trinajstić information content (AvgIpc) is 2.53. The first-order valence-electron chi connectivity index (χ1n) is 6.69. The van der Waals surface area contributed by atoms with Crippen LogP contribution in [0.15, 0.2) is 59.5 Å². The van der Waals surface area contributed by atoms with Crippen molar-refractivity contribution in [2.24, 2.45) is 0 Å². The van der Waals surface area contributed by atoms with Crippen molar-refractivity contribution in [2.45, 2.75) is 16.6 Å². The van der Waals surface area contributed by atoms with Crippen molar-refractivity contribution < 1.29 is 8.42 Å². The van der Waals surface area contributed by atoms with Gasteiger partial charge in [0.1, 0.15) is 0 Å². The first-order valence-corrected chi connectivity index (χ1v) is 9.25. The van der Waals surface area contributed by atoms with Crippen molar-refractivity contribution in [2.75, 3.05) is 13.6 Å². The van der Waals surface area contributed by atoms with Gasteiger partial charge in [0.15, 0.2) is 0 Å². The number of rotatable bonds is 6. The molecule has 112 valence electrons. The van der Waals surface area contributed by atoms with Crippen molar-refractivity contribution in [1.82, 2.24) is 4.31 Å². The minimum atomic E-state index is -3.42. The fraction of sp³-hybridized carbons (Fsp3) is 0.250. The molecule has 0 N–H and O–H groups in total. The van der Waals surface area contributed by atoms with Crippen molar-refractivity contribution in [1.29, 1.82) is 0 Å². The number of likely N-dealkylation sites (N-methyl/N-ethyl adjacent to an activating group) is 1. The molecule has 0 spiro atoms. The van der Waals surface area contributed by atoms with Crippen LogP contribution in [0.25, 0.3) is 0 Å². The summed E-state index contributed by atoms with van der Waals surface area (Å²) >= 11 is 3.35. The monoisotopic (exact) mass is 367 g/mol. The van der Waals surface area contributed by atoms with E-state index in [-0.39, 0.29) is 0 Å². The maximum absolute atomic E-state index is 12.5. The highest BCUT2D eigenvalue weighted by molar-refractivity contribution is 9.08. The number of hydrogen-bond acceptors (Lipinski definition) is 2. The van der Waals surface area contributed by atoms with Gasteiger partial charge >= 0.3 is 0 Å². The van der Waals surface area contributed by atoms with Crippen LogP contribution in [-0.4, -0.2) is 26.3 Å². The van der Waals surface area contributed by atoms with Crippen LogP contribution in [0.3, 0.4) is 0 Å². The molecule has 0 aliphatic rings. The molecule has 0 fully saturated rings. The van der Waals surface area contributed by atoms with Gasteiger partial charge in [-0.3, -0.25) is 0 Å². The van der Waals surface area contributed by atoms with E-state index < -0.39 is 10.0 Å². The third kappa shape index (κ3) is 4.15. The lowest BCUT2D eigenvalue weighted by Gasteiger charge is -2.17.